The van der Waals surface area contributed by atoms with E-state index in [4.69, 9.17) is 9.47 Å². The molecule has 148 valence electrons. The largest absolute Gasteiger partial charge is 0.485 e. The highest BCUT2D eigenvalue weighted by Gasteiger charge is 2.33. The molecule has 2 aromatic rings. The number of ether oxygens (including phenoxy) is 2. The van der Waals surface area contributed by atoms with Gasteiger partial charge in [-0.25, -0.2) is 0 Å². The van der Waals surface area contributed by atoms with Crippen molar-refractivity contribution in [2.24, 2.45) is 17.8 Å². The minimum Gasteiger partial charge on any atom is -0.485 e. The molecule has 28 heavy (non-hydrogen) atoms. The quantitative estimate of drug-likeness (QED) is 0.827. The first-order chi connectivity index (χ1) is 13.6. The van der Waals surface area contributed by atoms with E-state index in [-0.39, 0.29) is 17.9 Å². The van der Waals surface area contributed by atoms with E-state index >= 15 is 0 Å². The number of nitrogens with one attached hydrogen (secondary N) is 1. The number of carboxylic acids is 1. The number of hydrogen-bond acceptors (Lipinski definition) is 4. The SMILES string of the molecule is CC(C(=O)O)C1CCNCC1Cc1ccc([C@H]2COc3ccccc3O2)cc1. The molecule has 0 saturated carbocycles. The molecular formula is C23H27NO4. The molecule has 4 atom stereocenters. The Kier molecular flexibility index (Phi) is 5.53. The average Bonchev–Trinajstić information content (AvgIpc) is 2.74. The molecule has 4 rings (SSSR count). The second kappa shape index (κ2) is 8.23. The maximum Gasteiger partial charge on any atom is 0.306 e. The van der Waals surface area contributed by atoms with Crippen molar-refractivity contribution in [3.63, 3.8) is 0 Å². The second-order valence-corrected chi connectivity index (χ2v) is 7.85. The van der Waals surface area contributed by atoms with Crippen LogP contribution in [0.5, 0.6) is 11.5 Å². The number of carboxylic acid groups (broad SMARTS) is 1. The van der Waals surface area contributed by atoms with E-state index in [2.05, 4.69) is 29.6 Å². The third kappa shape index (κ3) is 3.99. The van der Waals surface area contributed by atoms with Crippen LogP contribution >= 0.6 is 0 Å². The van der Waals surface area contributed by atoms with E-state index in [1.807, 2.05) is 31.2 Å². The van der Waals surface area contributed by atoms with Crippen molar-refractivity contribution in [3.8, 4) is 11.5 Å². The highest BCUT2D eigenvalue weighted by Crippen LogP contribution is 2.36. The average molecular weight is 381 g/mol. The first-order valence-electron chi connectivity index (χ1n) is 10.0. The van der Waals surface area contributed by atoms with Crippen LogP contribution in [0.4, 0.5) is 0 Å². The van der Waals surface area contributed by atoms with E-state index in [9.17, 15) is 9.90 Å². The number of fused-ring (bicyclic) bond motifs is 1. The summed E-state index contributed by atoms with van der Waals surface area (Å²) in [4.78, 5) is 11.5. The Balaban J connectivity index is 1.43. The zero-order chi connectivity index (χ0) is 19.5. The fraction of sp³-hybridized carbons (Fsp3) is 0.435. The van der Waals surface area contributed by atoms with Crippen molar-refractivity contribution in [1.82, 2.24) is 5.32 Å². The summed E-state index contributed by atoms with van der Waals surface area (Å²) < 4.78 is 11.9. The van der Waals surface area contributed by atoms with Gasteiger partial charge in [-0.2, -0.15) is 0 Å². The van der Waals surface area contributed by atoms with Crippen molar-refractivity contribution in [2.45, 2.75) is 25.9 Å². The van der Waals surface area contributed by atoms with Gasteiger partial charge in [0.15, 0.2) is 17.6 Å². The van der Waals surface area contributed by atoms with Crippen LogP contribution in [0.1, 0.15) is 30.6 Å². The third-order valence-corrected chi connectivity index (χ3v) is 6.06. The fourth-order valence-electron chi connectivity index (χ4n) is 4.36. The van der Waals surface area contributed by atoms with Crippen molar-refractivity contribution < 1.29 is 19.4 Å². The number of hydrogen-bond donors (Lipinski definition) is 2. The molecule has 2 aromatic carbocycles. The normalized spacial score (nSPS) is 25.1. The summed E-state index contributed by atoms with van der Waals surface area (Å²) in [5.41, 5.74) is 2.33. The predicted molar refractivity (Wildman–Crippen MR) is 107 cm³/mol. The van der Waals surface area contributed by atoms with Gasteiger partial charge in [0.25, 0.3) is 0 Å². The fourth-order valence-corrected chi connectivity index (χ4v) is 4.36. The maximum atomic E-state index is 11.5. The number of piperidine rings is 1. The van der Waals surface area contributed by atoms with Gasteiger partial charge < -0.3 is 19.9 Å². The predicted octanol–water partition coefficient (Wildman–Crippen LogP) is 3.69. The molecule has 2 N–H and O–H groups in total. The molecule has 0 spiro atoms. The number of benzene rings is 2. The van der Waals surface area contributed by atoms with Crippen LogP contribution in [-0.2, 0) is 11.2 Å². The molecule has 1 saturated heterocycles. The molecule has 0 aromatic heterocycles. The highest BCUT2D eigenvalue weighted by molar-refractivity contribution is 5.70. The molecule has 0 amide bonds. The molecule has 5 heteroatoms. The van der Waals surface area contributed by atoms with E-state index < -0.39 is 5.97 Å². The van der Waals surface area contributed by atoms with Gasteiger partial charge in [-0.15, -0.1) is 0 Å². The standard InChI is InChI=1S/C23H27NO4/c1-15(23(25)26)19-10-11-24-13-18(19)12-16-6-8-17(9-7-16)22-14-27-20-4-2-3-5-21(20)28-22/h2-9,15,18-19,22,24H,10-14H2,1H3,(H,25,26)/t15?,18?,19?,22-/m1/s1. The van der Waals surface area contributed by atoms with Crippen molar-refractivity contribution in [1.29, 1.82) is 0 Å². The number of aliphatic carboxylic acids is 1. The first kappa shape index (κ1) is 18.8. The molecule has 0 aliphatic carbocycles. The number of para-hydroxylation sites is 2. The molecule has 0 bridgehead atoms. The van der Waals surface area contributed by atoms with E-state index in [1.54, 1.807) is 0 Å². The minimum atomic E-state index is -0.693. The summed E-state index contributed by atoms with van der Waals surface area (Å²) in [5, 5.41) is 12.8. The smallest absolute Gasteiger partial charge is 0.306 e. The lowest BCUT2D eigenvalue weighted by atomic mass is 9.75. The van der Waals surface area contributed by atoms with Crippen LogP contribution in [0.3, 0.4) is 0 Å². The van der Waals surface area contributed by atoms with Gasteiger partial charge in [0.05, 0.1) is 5.92 Å². The summed E-state index contributed by atoms with van der Waals surface area (Å²) in [5.74, 6) is 1.12. The van der Waals surface area contributed by atoms with Gasteiger partial charge in [-0.05, 0) is 61.0 Å². The summed E-state index contributed by atoms with van der Waals surface area (Å²) in [6.07, 6.45) is 1.70. The Hall–Kier alpha value is -2.53. The minimum absolute atomic E-state index is 0.111. The van der Waals surface area contributed by atoms with Gasteiger partial charge in [0.1, 0.15) is 6.61 Å². The van der Waals surface area contributed by atoms with Crippen molar-refractivity contribution in [3.05, 3.63) is 59.7 Å². The molecule has 2 aliphatic rings. The van der Waals surface area contributed by atoms with Crippen LogP contribution in [0.2, 0.25) is 0 Å². The Morgan fingerprint density at radius 1 is 1.18 bits per heavy atom. The van der Waals surface area contributed by atoms with E-state index in [0.717, 1.165) is 43.0 Å². The summed E-state index contributed by atoms with van der Waals surface area (Å²) in [7, 11) is 0. The van der Waals surface area contributed by atoms with Crippen molar-refractivity contribution in [2.75, 3.05) is 19.7 Å². The Labute approximate surface area is 165 Å². The summed E-state index contributed by atoms with van der Waals surface area (Å²) >= 11 is 0. The van der Waals surface area contributed by atoms with Gasteiger partial charge in [0, 0.05) is 0 Å². The number of rotatable bonds is 5. The van der Waals surface area contributed by atoms with E-state index in [1.165, 1.54) is 5.56 Å². The Morgan fingerprint density at radius 2 is 1.93 bits per heavy atom. The zero-order valence-electron chi connectivity index (χ0n) is 16.1. The molecule has 1 fully saturated rings. The molecule has 0 radical (unpaired) electrons. The molecule has 2 aliphatic heterocycles. The van der Waals surface area contributed by atoms with Gasteiger partial charge in [-0.3, -0.25) is 4.79 Å². The molecule has 3 unspecified atom stereocenters. The number of carbonyl (C=O) groups is 1. The van der Waals surface area contributed by atoms with Crippen LogP contribution in [0.15, 0.2) is 48.5 Å². The van der Waals surface area contributed by atoms with E-state index in [0.29, 0.717) is 12.5 Å². The second-order valence-electron chi connectivity index (χ2n) is 7.85. The van der Waals surface area contributed by atoms with Crippen molar-refractivity contribution >= 4 is 5.97 Å². The Bertz CT molecular complexity index is 820. The van der Waals surface area contributed by atoms with Gasteiger partial charge in [0.2, 0.25) is 0 Å². The topological polar surface area (TPSA) is 67.8 Å². The maximum absolute atomic E-state index is 11.5. The molecule has 2 heterocycles. The first-order valence-corrected chi connectivity index (χ1v) is 10.0. The molecule has 5 nitrogen and oxygen atoms in total. The van der Waals surface area contributed by atoms with Gasteiger partial charge >= 0.3 is 5.97 Å². The summed E-state index contributed by atoms with van der Waals surface area (Å²) in [6.45, 7) is 4.12. The lowest BCUT2D eigenvalue weighted by molar-refractivity contribution is -0.144. The lowest BCUT2D eigenvalue weighted by Crippen LogP contribution is -2.42. The lowest BCUT2D eigenvalue weighted by Gasteiger charge is -2.34. The monoisotopic (exact) mass is 381 g/mol. The highest BCUT2D eigenvalue weighted by atomic mass is 16.6. The zero-order valence-corrected chi connectivity index (χ0v) is 16.1. The van der Waals surface area contributed by atoms with Crippen LogP contribution in [0.25, 0.3) is 0 Å². The van der Waals surface area contributed by atoms with Crippen LogP contribution in [-0.4, -0.2) is 30.8 Å². The van der Waals surface area contributed by atoms with Gasteiger partial charge in [-0.1, -0.05) is 43.3 Å². The van der Waals surface area contributed by atoms with Crippen LogP contribution in [0, 0.1) is 17.8 Å². The summed E-state index contributed by atoms with van der Waals surface area (Å²) in [6, 6.07) is 16.2. The molecular weight excluding hydrogens is 354 g/mol. The Morgan fingerprint density at radius 3 is 2.68 bits per heavy atom. The van der Waals surface area contributed by atoms with Crippen LogP contribution < -0.4 is 14.8 Å². The third-order valence-electron chi connectivity index (χ3n) is 6.06.